The van der Waals surface area contributed by atoms with Crippen LogP contribution in [0.3, 0.4) is 0 Å². The molecule has 0 aliphatic carbocycles. The van der Waals surface area contributed by atoms with E-state index in [0.717, 1.165) is 17.0 Å². The molecule has 0 unspecified atom stereocenters. The highest BCUT2D eigenvalue weighted by molar-refractivity contribution is 7.13. The van der Waals surface area contributed by atoms with Crippen molar-refractivity contribution in [3.63, 3.8) is 0 Å². The Labute approximate surface area is 129 Å². The van der Waals surface area contributed by atoms with Gasteiger partial charge in [-0.2, -0.15) is 0 Å². The second-order valence-electron chi connectivity index (χ2n) is 4.52. The molecule has 0 fully saturated rings. The molecule has 1 amide bonds. The second kappa shape index (κ2) is 6.11. The second-order valence-corrected chi connectivity index (χ2v) is 5.47. The van der Waals surface area contributed by atoms with E-state index in [1.807, 2.05) is 17.5 Å². The lowest BCUT2D eigenvalue weighted by Crippen LogP contribution is -2.24. The number of amides is 1. The van der Waals surface area contributed by atoms with Crippen molar-refractivity contribution in [2.24, 2.45) is 0 Å². The number of carbonyl (C=O) groups is 1. The molecule has 0 radical (unpaired) electrons. The molecule has 2 heterocycles. The standard InChI is InChI=1S/C16H11F2NO2S/c17-11-3-1-4-12(18)15(11)16(20)19-9-10-6-7-13(21-10)14-5-2-8-22-14/h1-8H,9H2,(H,19,20). The third-order valence-corrected chi connectivity index (χ3v) is 3.92. The quantitative estimate of drug-likeness (QED) is 0.782. The molecular weight excluding hydrogens is 308 g/mol. The summed E-state index contributed by atoms with van der Waals surface area (Å²) in [5.74, 6) is -1.40. The number of hydrogen-bond acceptors (Lipinski definition) is 3. The van der Waals surface area contributed by atoms with Gasteiger partial charge in [-0.1, -0.05) is 12.1 Å². The Hall–Kier alpha value is -2.47. The van der Waals surface area contributed by atoms with E-state index in [1.54, 1.807) is 12.1 Å². The summed E-state index contributed by atoms with van der Waals surface area (Å²) in [6, 6.07) is 10.6. The van der Waals surface area contributed by atoms with E-state index in [0.29, 0.717) is 11.5 Å². The predicted octanol–water partition coefficient (Wildman–Crippen LogP) is 4.22. The van der Waals surface area contributed by atoms with Crippen LogP contribution in [0.5, 0.6) is 0 Å². The summed E-state index contributed by atoms with van der Waals surface area (Å²) >= 11 is 1.53. The Balaban J connectivity index is 1.69. The average Bonchev–Trinajstić information content (AvgIpc) is 3.16. The molecule has 0 aliphatic rings. The fourth-order valence-electron chi connectivity index (χ4n) is 1.99. The van der Waals surface area contributed by atoms with E-state index in [2.05, 4.69) is 5.32 Å². The van der Waals surface area contributed by atoms with Crippen LogP contribution in [0.15, 0.2) is 52.3 Å². The molecule has 0 bridgehead atoms. The Bertz CT molecular complexity index is 776. The topological polar surface area (TPSA) is 42.2 Å². The smallest absolute Gasteiger partial charge is 0.257 e. The average molecular weight is 319 g/mol. The molecule has 0 aliphatic heterocycles. The molecule has 1 aromatic carbocycles. The van der Waals surface area contributed by atoms with Crippen LogP contribution in [0, 0.1) is 11.6 Å². The normalized spacial score (nSPS) is 10.6. The van der Waals surface area contributed by atoms with Gasteiger partial charge in [-0.3, -0.25) is 4.79 Å². The molecule has 0 saturated carbocycles. The predicted molar refractivity (Wildman–Crippen MR) is 79.5 cm³/mol. The van der Waals surface area contributed by atoms with Gasteiger partial charge in [-0.25, -0.2) is 8.78 Å². The first kappa shape index (κ1) is 14.5. The number of nitrogens with one attached hydrogen (secondary N) is 1. The van der Waals surface area contributed by atoms with Gasteiger partial charge in [-0.05, 0) is 35.7 Å². The molecule has 3 aromatic rings. The van der Waals surface area contributed by atoms with Crippen molar-refractivity contribution in [3.8, 4) is 10.6 Å². The van der Waals surface area contributed by atoms with Gasteiger partial charge >= 0.3 is 0 Å². The van der Waals surface area contributed by atoms with Crippen LogP contribution in [-0.4, -0.2) is 5.91 Å². The summed E-state index contributed by atoms with van der Waals surface area (Å²) in [5.41, 5.74) is -0.590. The number of hydrogen-bond donors (Lipinski definition) is 1. The van der Waals surface area contributed by atoms with Gasteiger partial charge in [0.05, 0.1) is 11.4 Å². The minimum atomic E-state index is -0.892. The van der Waals surface area contributed by atoms with Gasteiger partial charge in [0.15, 0.2) is 0 Å². The van der Waals surface area contributed by atoms with Crippen molar-refractivity contribution < 1.29 is 18.0 Å². The third-order valence-electron chi connectivity index (χ3n) is 3.04. The first-order valence-electron chi connectivity index (χ1n) is 6.50. The summed E-state index contributed by atoms with van der Waals surface area (Å²) in [6.07, 6.45) is 0. The van der Waals surface area contributed by atoms with Crippen LogP contribution in [0.1, 0.15) is 16.1 Å². The third kappa shape index (κ3) is 2.92. The Morgan fingerprint density at radius 1 is 1.09 bits per heavy atom. The molecule has 0 spiro atoms. The van der Waals surface area contributed by atoms with E-state index in [4.69, 9.17) is 4.42 Å². The van der Waals surface area contributed by atoms with Gasteiger partial charge in [0.2, 0.25) is 0 Å². The molecule has 0 atom stereocenters. The van der Waals surface area contributed by atoms with Crippen LogP contribution >= 0.6 is 11.3 Å². The summed E-state index contributed by atoms with van der Waals surface area (Å²) in [4.78, 5) is 12.8. The summed E-state index contributed by atoms with van der Waals surface area (Å²) < 4.78 is 32.6. The number of halogens is 2. The fraction of sp³-hybridized carbons (Fsp3) is 0.0625. The first-order valence-corrected chi connectivity index (χ1v) is 7.38. The lowest BCUT2D eigenvalue weighted by atomic mass is 10.2. The summed E-state index contributed by atoms with van der Waals surface area (Å²) in [6.45, 7) is 0.0536. The van der Waals surface area contributed by atoms with Crippen LogP contribution in [-0.2, 0) is 6.54 Å². The minimum Gasteiger partial charge on any atom is -0.458 e. The van der Waals surface area contributed by atoms with E-state index in [1.165, 1.54) is 17.4 Å². The molecule has 0 saturated heterocycles. The largest absolute Gasteiger partial charge is 0.458 e. The van der Waals surface area contributed by atoms with Crippen molar-refractivity contribution in [1.82, 2.24) is 5.32 Å². The first-order chi connectivity index (χ1) is 10.6. The Morgan fingerprint density at radius 3 is 2.55 bits per heavy atom. The van der Waals surface area contributed by atoms with Crippen molar-refractivity contribution in [1.29, 1.82) is 0 Å². The zero-order valence-corrected chi connectivity index (χ0v) is 12.1. The van der Waals surface area contributed by atoms with Crippen molar-refractivity contribution in [2.75, 3.05) is 0 Å². The molecule has 22 heavy (non-hydrogen) atoms. The molecule has 3 rings (SSSR count). The van der Waals surface area contributed by atoms with Crippen molar-refractivity contribution >= 4 is 17.2 Å². The molecule has 1 N–H and O–H groups in total. The van der Waals surface area contributed by atoms with E-state index in [-0.39, 0.29) is 6.54 Å². The number of thiophene rings is 1. The lowest BCUT2D eigenvalue weighted by Gasteiger charge is -2.05. The van der Waals surface area contributed by atoms with E-state index < -0.39 is 23.1 Å². The zero-order chi connectivity index (χ0) is 15.5. The highest BCUT2D eigenvalue weighted by atomic mass is 32.1. The number of furan rings is 1. The highest BCUT2D eigenvalue weighted by Gasteiger charge is 2.17. The molecule has 6 heteroatoms. The van der Waals surface area contributed by atoms with Gasteiger partial charge in [-0.15, -0.1) is 11.3 Å². The molecule has 3 nitrogen and oxygen atoms in total. The fourth-order valence-corrected chi connectivity index (χ4v) is 2.68. The maximum absolute atomic E-state index is 13.5. The zero-order valence-electron chi connectivity index (χ0n) is 11.3. The van der Waals surface area contributed by atoms with Crippen molar-refractivity contribution in [2.45, 2.75) is 6.54 Å². The Kier molecular flexibility index (Phi) is 4.02. The number of rotatable bonds is 4. The number of carbonyl (C=O) groups excluding carboxylic acids is 1. The van der Waals surface area contributed by atoms with Gasteiger partial charge in [0.1, 0.15) is 28.7 Å². The van der Waals surface area contributed by atoms with E-state index in [9.17, 15) is 13.6 Å². The highest BCUT2D eigenvalue weighted by Crippen LogP contribution is 2.26. The lowest BCUT2D eigenvalue weighted by molar-refractivity contribution is 0.0939. The molecular formula is C16H11F2NO2S. The van der Waals surface area contributed by atoms with Crippen LogP contribution in [0.4, 0.5) is 8.78 Å². The van der Waals surface area contributed by atoms with Crippen LogP contribution < -0.4 is 5.32 Å². The van der Waals surface area contributed by atoms with E-state index >= 15 is 0 Å². The van der Waals surface area contributed by atoms with Crippen LogP contribution in [0.2, 0.25) is 0 Å². The SMILES string of the molecule is O=C(NCc1ccc(-c2cccs2)o1)c1c(F)cccc1F. The molecule has 2 aromatic heterocycles. The maximum Gasteiger partial charge on any atom is 0.257 e. The molecule has 112 valence electrons. The maximum atomic E-state index is 13.5. The van der Waals surface area contributed by atoms with Gasteiger partial charge in [0, 0.05) is 0 Å². The Morgan fingerprint density at radius 2 is 1.86 bits per heavy atom. The van der Waals surface area contributed by atoms with Crippen LogP contribution in [0.25, 0.3) is 10.6 Å². The summed E-state index contributed by atoms with van der Waals surface area (Å²) in [5, 5.41) is 4.38. The minimum absolute atomic E-state index is 0.0536. The van der Waals surface area contributed by atoms with Gasteiger partial charge < -0.3 is 9.73 Å². The summed E-state index contributed by atoms with van der Waals surface area (Å²) in [7, 11) is 0. The van der Waals surface area contributed by atoms with Gasteiger partial charge in [0.25, 0.3) is 5.91 Å². The number of benzene rings is 1. The van der Waals surface area contributed by atoms with Crippen molar-refractivity contribution in [3.05, 3.63) is 70.8 Å². The monoisotopic (exact) mass is 319 g/mol.